The molecular formula is C14H17BrFN3O2. The Labute approximate surface area is 130 Å². The van der Waals surface area contributed by atoms with E-state index in [4.69, 9.17) is 0 Å². The maximum absolute atomic E-state index is 13.9. The monoisotopic (exact) mass is 357 g/mol. The van der Waals surface area contributed by atoms with Gasteiger partial charge in [0, 0.05) is 37.3 Å². The van der Waals surface area contributed by atoms with Crippen molar-refractivity contribution >= 4 is 27.3 Å². The smallest absolute Gasteiger partial charge is 0.293 e. The molecule has 0 bridgehead atoms. The average molecular weight is 358 g/mol. The van der Waals surface area contributed by atoms with E-state index < -0.39 is 10.7 Å². The highest BCUT2D eigenvalue weighted by atomic mass is 79.9. The van der Waals surface area contributed by atoms with Gasteiger partial charge in [0.25, 0.3) is 5.69 Å². The first kappa shape index (κ1) is 14.7. The molecule has 7 heteroatoms. The lowest BCUT2D eigenvalue weighted by Gasteiger charge is -2.37. The first-order chi connectivity index (χ1) is 9.82. The zero-order valence-electron chi connectivity index (χ0n) is 11.9. The summed E-state index contributed by atoms with van der Waals surface area (Å²) in [4.78, 5) is 12.9. The van der Waals surface area contributed by atoms with Crippen LogP contribution in [0.1, 0.15) is 13.8 Å². The molecule has 2 aliphatic rings. The molecule has 2 heterocycles. The molecule has 2 fully saturated rings. The van der Waals surface area contributed by atoms with Crippen LogP contribution in [-0.4, -0.2) is 30.1 Å². The summed E-state index contributed by atoms with van der Waals surface area (Å²) in [6.07, 6.45) is 0. The second-order valence-corrected chi connectivity index (χ2v) is 7.16. The van der Waals surface area contributed by atoms with Crippen LogP contribution in [0.2, 0.25) is 0 Å². The largest absolute Gasteiger partial charge is 0.360 e. The SMILES string of the molecule is CC1(C)C2CNCC2CN1c1cc(F)c(Br)cc1[N+](=O)[O-]. The van der Waals surface area contributed by atoms with E-state index in [0.29, 0.717) is 24.1 Å². The summed E-state index contributed by atoms with van der Waals surface area (Å²) in [6.45, 7) is 6.69. The van der Waals surface area contributed by atoms with Crippen molar-refractivity contribution in [2.24, 2.45) is 11.8 Å². The number of anilines is 1. The molecule has 0 radical (unpaired) electrons. The number of fused-ring (bicyclic) bond motifs is 1. The number of nitro groups is 1. The van der Waals surface area contributed by atoms with Crippen LogP contribution in [0.25, 0.3) is 0 Å². The molecule has 114 valence electrons. The fourth-order valence-corrected chi connectivity index (χ4v) is 4.05. The van der Waals surface area contributed by atoms with Gasteiger partial charge in [0.1, 0.15) is 11.5 Å². The summed E-state index contributed by atoms with van der Waals surface area (Å²) in [5.41, 5.74) is 0.0866. The lowest BCUT2D eigenvalue weighted by Crippen LogP contribution is -2.44. The third-order valence-electron chi connectivity index (χ3n) is 4.86. The quantitative estimate of drug-likeness (QED) is 0.652. The summed E-state index contributed by atoms with van der Waals surface area (Å²) >= 11 is 3.03. The second kappa shape index (κ2) is 4.91. The van der Waals surface area contributed by atoms with Gasteiger partial charge in [-0.2, -0.15) is 0 Å². The van der Waals surface area contributed by atoms with Crippen LogP contribution < -0.4 is 10.2 Å². The van der Waals surface area contributed by atoms with Gasteiger partial charge in [0.2, 0.25) is 0 Å². The minimum atomic E-state index is -0.471. The van der Waals surface area contributed by atoms with E-state index in [1.165, 1.54) is 12.1 Å². The maximum atomic E-state index is 13.9. The first-order valence-electron chi connectivity index (χ1n) is 6.94. The molecule has 5 nitrogen and oxygen atoms in total. The number of rotatable bonds is 2. The van der Waals surface area contributed by atoms with Crippen molar-refractivity contribution in [2.45, 2.75) is 19.4 Å². The molecule has 0 spiro atoms. The molecule has 1 N–H and O–H groups in total. The number of halogens is 2. The number of hydrogen-bond donors (Lipinski definition) is 1. The van der Waals surface area contributed by atoms with Gasteiger partial charge in [-0.3, -0.25) is 10.1 Å². The Hall–Kier alpha value is -1.21. The van der Waals surface area contributed by atoms with Crippen LogP contribution in [0.3, 0.4) is 0 Å². The minimum Gasteiger partial charge on any atom is -0.360 e. The van der Waals surface area contributed by atoms with Crippen LogP contribution in [0.4, 0.5) is 15.8 Å². The Bertz CT molecular complexity index is 608. The Balaban J connectivity index is 2.08. The molecule has 0 saturated carbocycles. The number of nitrogens with zero attached hydrogens (tertiary/aromatic N) is 2. The van der Waals surface area contributed by atoms with Crippen LogP contribution in [0, 0.1) is 27.8 Å². The molecule has 1 aromatic rings. The second-order valence-electron chi connectivity index (χ2n) is 6.30. The van der Waals surface area contributed by atoms with E-state index in [-0.39, 0.29) is 15.7 Å². The molecule has 0 amide bonds. The van der Waals surface area contributed by atoms with E-state index in [0.717, 1.165) is 13.1 Å². The average Bonchev–Trinajstić information content (AvgIpc) is 2.95. The summed E-state index contributed by atoms with van der Waals surface area (Å²) in [7, 11) is 0. The van der Waals surface area contributed by atoms with Crippen molar-refractivity contribution in [3.8, 4) is 0 Å². The highest BCUT2D eigenvalue weighted by molar-refractivity contribution is 9.10. The van der Waals surface area contributed by atoms with E-state index in [1.807, 2.05) is 4.90 Å². The summed E-state index contributed by atoms with van der Waals surface area (Å²) in [6, 6.07) is 2.53. The summed E-state index contributed by atoms with van der Waals surface area (Å²) in [5, 5.41) is 14.7. The third-order valence-corrected chi connectivity index (χ3v) is 5.47. The number of hydrogen-bond acceptors (Lipinski definition) is 4. The Kier molecular flexibility index (Phi) is 3.44. The van der Waals surface area contributed by atoms with Crippen molar-refractivity contribution in [2.75, 3.05) is 24.5 Å². The summed E-state index contributed by atoms with van der Waals surface area (Å²) in [5.74, 6) is 0.400. The van der Waals surface area contributed by atoms with Crippen LogP contribution in [0.5, 0.6) is 0 Å². The standard InChI is InChI=1S/C14H17BrFN3O2/c1-14(2)9-6-17-5-8(9)7-18(14)12-4-11(16)10(15)3-13(12)19(20)21/h3-4,8-9,17H,5-7H2,1-2H3. The molecule has 2 aliphatic heterocycles. The fraction of sp³-hybridized carbons (Fsp3) is 0.571. The lowest BCUT2D eigenvalue weighted by atomic mass is 9.84. The van der Waals surface area contributed by atoms with Crippen molar-refractivity contribution in [3.05, 3.63) is 32.5 Å². The number of nitro benzene ring substituents is 1. The Morgan fingerprint density at radius 1 is 1.48 bits per heavy atom. The van der Waals surface area contributed by atoms with Crippen LogP contribution in [0.15, 0.2) is 16.6 Å². The van der Waals surface area contributed by atoms with Gasteiger partial charge in [-0.05, 0) is 41.6 Å². The van der Waals surface area contributed by atoms with Crippen molar-refractivity contribution < 1.29 is 9.31 Å². The fourth-order valence-electron chi connectivity index (χ4n) is 3.72. The third kappa shape index (κ3) is 2.23. The molecular weight excluding hydrogens is 341 g/mol. The van der Waals surface area contributed by atoms with Gasteiger partial charge < -0.3 is 10.2 Å². The van der Waals surface area contributed by atoms with Gasteiger partial charge in [-0.15, -0.1) is 0 Å². The number of nitrogens with one attached hydrogen (secondary N) is 1. The zero-order valence-corrected chi connectivity index (χ0v) is 13.5. The topological polar surface area (TPSA) is 58.4 Å². The van der Waals surface area contributed by atoms with Crippen molar-refractivity contribution in [3.63, 3.8) is 0 Å². The van der Waals surface area contributed by atoms with E-state index in [1.54, 1.807) is 0 Å². The molecule has 3 rings (SSSR count). The Morgan fingerprint density at radius 3 is 2.81 bits per heavy atom. The van der Waals surface area contributed by atoms with Gasteiger partial charge in [-0.25, -0.2) is 4.39 Å². The highest BCUT2D eigenvalue weighted by Crippen LogP contribution is 2.46. The molecule has 0 aromatic heterocycles. The normalized spacial score (nSPS) is 27.0. The molecule has 0 aliphatic carbocycles. The highest BCUT2D eigenvalue weighted by Gasteiger charge is 2.50. The van der Waals surface area contributed by atoms with E-state index >= 15 is 0 Å². The van der Waals surface area contributed by atoms with Crippen molar-refractivity contribution in [1.29, 1.82) is 0 Å². The molecule has 21 heavy (non-hydrogen) atoms. The van der Waals surface area contributed by atoms with Crippen molar-refractivity contribution in [1.82, 2.24) is 5.32 Å². The number of benzene rings is 1. The lowest BCUT2D eigenvalue weighted by molar-refractivity contribution is -0.384. The first-order valence-corrected chi connectivity index (χ1v) is 7.73. The van der Waals surface area contributed by atoms with Gasteiger partial charge >= 0.3 is 0 Å². The van der Waals surface area contributed by atoms with Crippen LogP contribution >= 0.6 is 15.9 Å². The van der Waals surface area contributed by atoms with Gasteiger partial charge in [-0.1, -0.05) is 0 Å². The van der Waals surface area contributed by atoms with Gasteiger partial charge in [0.15, 0.2) is 0 Å². The zero-order chi connectivity index (χ0) is 15.4. The minimum absolute atomic E-state index is 0.0516. The van der Waals surface area contributed by atoms with Crippen LogP contribution in [-0.2, 0) is 0 Å². The van der Waals surface area contributed by atoms with E-state index in [9.17, 15) is 14.5 Å². The Morgan fingerprint density at radius 2 is 2.19 bits per heavy atom. The van der Waals surface area contributed by atoms with E-state index in [2.05, 4.69) is 35.1 Å². The molecule has 2 saturated heterocycles. The predicted molar refractivity (Wildman–Crippen MR) is 82.0 cm³/mol. The molecule has 2 atom stereocenters. The van der Waals surface area contributed by atoms with Gasteiger partial charge in [0.05, 0.1) is 9.40 Å². The summed E-state index contributed by atoms with van der Waals surface area (Å²) < 4.78 is 14.0. The molecule has 1 aromatic carbocycles. The predicted octanol–water partition coefficient (Wildman–Crippen LogP) is 2.93. The maximum Gasteiger partial charge on any atom is 0.293 e. The molecule has 2 unspecified atom stereocenters.